The summed E-state index contributed by atoms with van der Waals surface area (Å²) in [5, 5.41) is 0. The third kappa shape index (κ3) is 6.86. The van der Waals surface area contributed by atoms with Gasteiger partial charge in [0.25, 0.3) is 0 Å². The summed E-state index contributed by atoms with van der Waals surface area (Å²) in [6.07, 6.45) is 7.12. The summed E-state index contributed by atoms with van der Waals surface area (Å²) < 4.78 is 12.1. The number of allylic oxidation sites excluding steroid dienone is 1. The van der Waals surface area contributed by atoms with E-state index in [0.29, 0.717) is 5.92 Å². The van der Waals surface area contributed by atoms with Gasteiger partial charge in [-0.3, -0.25) is 4.90 Å². The number of carbonyl (C=O) groups is 1. The van der Waals surface area contributed by atoms with Crippen LogP contribution in [0.3, 0.4) is 0 Å². The van der Waals surface area contributed by atoms with Crippen LogP contribution in [0.2, 0.25) is 0 Å². The summed E-state index contributed by atoms with van der Waals surface area (Å²) in [6, 6.07) is 16.0. The highest BCUT2D eigenvalue weighted by atomic mass is 79.9. The van der Waals surface area contributed by atoms with Crippen molar-refractivity contribution in [2.45, 2.75) is 58.5 Å². The number of nitrogens with zero attached hydrogens (tertiary/aromatic N) is 1. The molecule has 0 radical (unpaired) electrons. The predicted octanol–water partition coefficient (Wildman–Crippen LogP) is 7.52. The second kappa shape index (κ2) is 10.4. The number of anilines is 1. The molecule has 0 spiro atoms. The standard InChI is InChI=1S/C26H32BrNO3/c1-26(2,3)31-25(29)28(23-13-15-24(30-4)16-14-23)18-21-8-6-5-7-20(21)17-19-9-11-22(27)12-10-19/h9-16,18,20H,5-8,17H2,1-4H3/b21-18+/t20-/m1/s1. The molecule has 1 atom stereocenters. The normalized spacial score (nSPS) is 18.0. The minimum atomic E-state index is -0.566. The van der Waals surface area contributed by atoms with Crippen LogP contribution in [-0.2, 0) is 11.2 Å². The molecular weight excluding hydrogens is 454 g/mol. The van der Waals surface area contributed by atoms with Gasteiger partial charge < -0.3 is 9.47 Å². The van der Waals surface area contributed by atoms with E-state index in [4.69, 9.17) is 9.47 Å². The second-order valence-corrected chi connectivity index (χ2v) is 9.94. The van der Waals surface area contributed by atoms with Crippen molar-refractivity contribution in [3.05, 3.63) is 70.3 Å². The van der Waals surface area contributed by atoms with Crippen LogP contribution in [0, 0.1) is 5.92 Å². The van der Waals surface area contributed by atoms with Gasteiger partial charge in [-0.15, -0.1) is 0 Å². The number of methoxy groups -OCH3 is 1. The van der Waals surface area contributed by atoms with E-state index in [9.17, 15) is 4.79 Å². The monoisotopic (exact) mass is 485 g/mol. The van der Waals surface area contributed by atoms with E-state index in [1.807, 2.05) is 51.2 Å². The Hall–Kier alpha value is -2.27. The van der Waals surface area contributed by atoms with Crippen molar-refractivity contribution in [2.75, 3.05) is 12.0 Å². The van der Waals surface area contributed by atoms with E-state index >= 15 is 0 Å². The zero-order valence-electron chi connectivity index (χ0n) is 18.9. The molecule has 2 aromatic carbocycles. The zero-order valence-corrected chi connectivity index (χ0v) is 20.4. The first-order valence-corrected chi connectivity index (χ1v) is 11.7. The lowest BCUT2D eigenvalue weighted by atomic mass is 9.81. The van der Waals surface area contributed by atoms with Crippen LogP contribution >= 0.6 is 15.9 Å². The van der Waals surface area contributed by atoms with Gasteiger partial charge in [0.1, 0.15) is 11.4 Å². The molecule has 2 aromatic rings. The lowest BCUT2D eigenvalue weighted by Gasteiger charge is -2.30. The van der Waals surface area contributed by atoms with E-state index in [1.54, 1.807) is 12.0 Å². The molecule has 1 aliphatic rings. The van der Waals surface area contributed by atoms with E-state index in [1.165, 1.54) is 17.6 Å². The third-order valence-corrected chi connectivity index (χ3v) is 5.95. The van der Waals surface area contributed by atoms with Crippen LogP contribution in [0.1, 0.15) is 52.0 Å². The van der Waals surface area contributed by atoms with Crippen molar-refractivity contribution in [1.29, 1.82) is 0 Å². The van der Waals surface area contributed by atoms with Gasteiger partial charge in [0.15, 0.2) is 0 Å². The van der Waals surface area contributed by atoms with Crippen LogP contribution in [0.5, 0.6) is 5.75 Å². The molecule has 1 amide bonds. The fourth-order valence-corrected chi connectivity index (χ4v) is 4.13. The third-order valence-electron chi connectivity index (χ3n) is 5.42. The molecular formula is C26H32BrNO3. The van der Waals surface area contributed by atoms with Crippen LogP contribution in [0.15, 0.2) is 64.8 Å². The minimum absolute atomic E-state index is 0.363. The van der Waals surface area contributed by atoms with Gasteiger partial charge in [-0.1, -0.05) is 34.5 Å². The van der Waals surface area contributed by atoms with Crippen LogP contribution in [0.25, 0.3) is 0 Å². The predicted molar refractivity (Wildman–Crippen MR) is 130 cm³/mol. The van der Waals surface area contributed by atoms with Gasteiger partial charge in [-0.25, -0.2) is 4.79 Å². The first kappa shape index (κ1) is 23.4. The number of hydrogen-bond acceptors (Lipinski definition) is 3. The van der Waals surface area contributed by atoms with E-state index < -0.39 is 5.60 Å². The molecule has 31 heavy (non-hydrogen) atoms. The second-order valence-electron chi connectivity index (χ2n) is 9.03. The maximum absolute atomic E-state index is 13.1. The molecule has 0 heterocycles. The number of carbonyl (C=O) groups excluding carboxylic acids is 1. The van der Waals surface area contributed by atoms with Gasteiger partial charge in [-0.2, -0.15) is 0 Å². The number of amides is 1. The molecule has 166 valence electrons. The molecule has 1 saturated carbocycles. The Morgan fingerprint density at radius 1 is 1.10 bits per heavy atom. The Kier molecular flexibility index (Phi) is 7.82. The van der Waals surface area contributed by atoms with E-state index in [0.717, 1.165) is 41.6 Å². The fourth-order valence-electron chi connectivity index (χ4n) is 3.87. The van der Waals surface area contributed by atoms with Crippen molar-refractivity contribution in [3.8, 4) is 5.75 Å². The molecule has 0 N–H and O–H groups in total. The minimum Gasteiger partial charge on any atom is -0.497 e. The first-order chi connectivity index (χ1) is 14.7. The Morgan fingerprint density at radius 2 is 1.77 bits per heavy atom. The summed E-state index contributed by atoms with van der Waals surface area (Å²) in [5.41, 5.74) is 2.82. The number of hydrogen-bond donors (Lipinski definition) is 0. The molecule has 0 unspecified atom stereocenters. The maximum Gasteiger partial charge on any atom is 0.418 e. The summed E-state index contributed by atoms with van der Waals surface area (Å²) in [7, 11) is 1.64. The Balaban J connectivity index is 1.91. The highest BCUT2D eigenvalue weighted by molar-refractivity contribution is 9.10. The first-order valence-electron chi connectivity index (χ1n) is 10.9. The topological polar surface area (TPSA) is 38.8 Å². The van der Waals surface area contributed by atoms with E-state index in [-0.39, 0.29) is 6.09 Å². The smallest absolute Gasteiger partial charge is 0.418 e. The molecule has 3 rings (SSSR count). The summed E-state index contributed by atoms with van der Waals surface area (Å²) in [4.78, 5) is 14.8. The molecule has 0 aromatic heterocycles. The Morgan fingerprint density at radius 3 is 2.39 bits per heavy atom. The van der Waals surface area contributed by atoms with Crippen molar-refractivity contribution in [2.24, 2.45) is 5.92 Å². The fraction of sp³-hybridized carbons (Fsp3) is 0.423. The highest BCUT2D eigenvalue weighted by Gasteiger charge is 2.26. The number of rotatable bonds is 5. The largest absolute Gasteiger partial charge is 0.497 e. The number of ether oxygens (including phenoxy) is 2. The molecule has 4 nitrogen and oxygen atoms in total. The molecule has 5 heteroatoms. The van der Waals surface area contributed by atoms with E-state index in [2.05, 4.69) is 40.2 Å². The molecule has 0 bridgehead atoms. The SMILES string of the molecule is COc1ccc(N(/C=C2\CCCC[C@@H]2Cc2ccc(Br)cc2)C(=O)OC(C)(C)C)cc1. The van der Waals surface area contributed by atoms with Crippen LogP contribution in [-0.4, -0.2) is 18.8 Å². The van der Waals surface area contributed by atoms with Crippen molar-refractivity contribution >= 4 is 27.7 Å². The molecule has 0 aliphatic heterocycles. The van der Waals surface area contributed by atoms with Crippen molar-refractivity contribution in [3.63, 3.8) is 0 Å². The summed E-state index contributed by atoms with van der Waals surface area (Å²) >= 11 is 3.51. The summed E-state index contributed by atoms with van der Waals surface area (Å²) in [6.45, 7) is 5.67. The number of halogens is 1. The molecule has 1 aliphatic carbocycles. The van der Waals surface area contributed by atoms with Crippen LogP contribution in [0.4, 0.5) is 10.5 Å². The van der Waals surface area contributed by atoms with Gasteiger partial charge >= 0.3 is 6.09 Å². The van der Waals surface area contributed by atoms with Crippen molar-refractivity contribution in [1.82, 2.24) is 0 Å². The van der Waals surface area contributed by atoms with Gasteiger partial charge in [0, 0.05) is 10.7 Å². The average molecular weight is 486 g/mol. The summed E-state index contributed by atoms with van der Waals surface area (Å²) in [5.74, 6) is 1.17. The molecule has 1 fully saturated rings. The Bertz CT molecular complexity index is 898. The van der Waals surface area contributed by atoms with Gasteiger partial charge in [0.2, 0.25) is 0 Å². The van der Waals surface area contributed by atoms with Crippen molar-refractivity contribution < 1.29 is 14.3 Å². The highest BCUT2D eigenvalue weighted by Crippen LogP contribution is 2.34. The quantitative estimate of drug-likeness (QED) is 0.439. The van der Waals surface area contributed by atoms with Crippen LogP contribution < -0.4 is 9.64 Å². The molecule has 0 saturated heterocycles. The van der Waals surface area contributed by atoms with Gasteiger partial charge in [-0.05, 0) is 99.9 Å². The zero-order chi connectivity index (χ0) is 22.4. The lowest BCUT2D eigenvalue weighted by molar-refractivity contribution is 0.0596. The van der Waals surface area contributed by atoms with Gasteiger partial charge in [0.05, 0.1) is 12.8 Å². The average Bonchev–Trinajstić information content (AvgIpc) is 2.73. The number of benzene rings is 2. The lowest BCUT2D eigenvalue weighted by Crippen LogP contribution is -2.34. The Labute approximate surface area is 194 Å². The maximum atomic E-state index is 13.1.